The summed E-state index contributed by atoms with van der Waals surface area (Å²) in [6, 6.07) is 20.2. The number of H-pyrrole nitrogens is 1. The number of para-hydroxylation sites is 1. The lowest BCUT2D eigenvalue weighted by Gasteiger charge is -2.45. The summed E-state index contributed by atoms with van der Waals surface area (Å²) in [5, 5.41) is 6.03. The third-order valence-corrected chi connectivity index (χ3v) is 6.96. The van der Waals surface area contributed by atoms with Crippen LogP contribution in [0.3, 0.4) is 0 Å². The van der Waals surface area contributed by atoms with E-state index in [-0.39, 0.29) is 24.3 Å². The number of benzene rings is 3. The molecule has 7 heteroatoms. The number of amides is 3. The van der Waals surface area contributed by atoms with Crippen LogP contribution in [0.15, 0.2) is 72.9 Å². The minimum absolute atomic E-state index is 0.0901. The maximum absolute atomic E-state index is 13.3. The molecule has 2 fully saturated rings. The smallest absolute Gasteiger partial charge is 0.254 e. The fourth-order valence-electron chi connectivity index (χ4n) is 5.15. The van der Waals surface area contributed by atoms with E-state index in [1.165, 1.54) is 0 Å². The maximum Gasteiger partial charge on any atom is 0.254 e. The summed E-state index contributed by atoms with van der Waals surface area (Å²) in [4.78, 5) is 46.0. The van der Waals surface area contributed by atoms with Crippen molar-refractivity contribution < 1.29 is 14.4 Å². The molecule has 0 bridgehead atoms. The maximum atomic E-state index is 13.3. The second kappa shape index (κ2) is 8.02. The Balaban J connectivity index is 1.18. The van der Waals surface area contributed by atoms with Gasteiger partial charge >= 0.3 is 0 Å². The van der Waals surface area contributed by atoms with E-state index in [0.29, 0.717) is 25.1 Å². The van der Waals surface area contributed by atoms with Gasteiger partial charge in [-0.3, -0.25) is 14.4 Å². The van der Waals surface area contributed by atoms with Crippen LogP contribution in [-0.2, 0) is 16.0 Å². The van der Waals surface area contributed by atoms with Crippen LogP contribution in [-0.4, -0.2) is 64.2 Å². The molecule has 0 aliphatic carbocycles. The number of aromatic amines is 1. The van der Waals surface area contributed by atoms with Gasteiger partial charge < -0.3 is 20.1 Å². The summed E-state index contributed by atoms with van der Waals surface area (Å²) in [6.45, 7) is 0.949. The quantitative estimate of drug-likeness (QED) is 0.501. The van der Waals surface area contributed by atoms with Gasteiger partial charge in [0.1, 0.15) is 12.1 Å². The van der Waals surface area contributed by atoms with Crippen molar-refractivity contribution in [3.63, 3.8) is 0 Å². The van der Waals surface area contributed by atoms with Crippen LogP contribution in [0.1, 0.15) is 15.9 Å². The Morgan fingerprint density at radius 2 is 1.74 bits per heavy atom. The largest absolute Gasteiger partial charge is 0.361 e. The summed E-state index contributed by atoms with van der Waals surface area (Å²) in [6.07, 6.45) is 2.33. The second-order valence-electron chi connectivity index (χ2n) is 8.99. The van der Waals surface area contributed by atoms with Crippen molar-refractivity contribution in [3.8, 4) is 0 Å². The molecule has 2 N–H and O–H groups in total. The monoisotopic (exact) mass is 452 g/mol. The third-order valence-electron chi connectivity index (χ3n) is 6.96. The van der Waals surface area contributed by atoms with Gasteiger partial charge in [-0.1, -0.05) is 48.5 Å². The van der Waals surface area contributed by atoms with Gasteiger partial charge in [0, 0.05) is 42.2 Å². The summed E-state index contributed by atoms with van der Waals surface area (Å²) in [7, 11) is 0. The van der Waals surface area contributed by atoms with Crippen LogP contribution in [0.4, 0.5) is 0 Å². The van der Waals surface area contributed by atoms with E-state index >= 15 is 0 Å². The SMILES string of the molecule is O=C1N[C@@H](Cc2c[nH]c3ccccc23)C(=O)N2CCN(C(=O)c3ccc4ccccc4c3)C[C@H]12. The highest BCUT2D eigenvalue weighted by Gasteiger charge is 2.44. The fraction of sp³-hybridized carbons (Fsp3) is 0.222. The van der Waals surface area contributed by atoms with Gasteiger partial charge in [-0.15, -0.1) is 0 Å². The molecule has 0 saturated carbocycles. The highest BCUT2D eigenvalue weighted by Crippen LogP contribution is 2.24. The Labute approximate surface area is 196 Å². The third kappa shape index (κ3) is 3.41. The molecule has 2 saturated heterocycles. The fourth-order valence-corrected chi connectivity index (χ4v) is 5.15. The molecule has 3 aromatic carbocycles. The Morgan fingerprint density at radius 1 is 0.941 bits per heavy atom. The van der Waals surface area contributed by atoms with Crippen LogP contribution in [0.25, 0.3) is 21.7 Å². The van der Waals surface area contributed by atoms with E-state index in [2.05, 4.69) is 10.3 Å². The lowest BCUT2D eigenvalue weighted by atomic mass is 9.98. The number of hydrogen-bond donors (Lipinski definition) is 2. The molecule has 0 spiro atoms. The zero-order valence-electron chi connectivity index (χ0n) is 18.5. The minimum Gasteiger partial charge on any atom is -0.361 e. The first-order valence-electron chi connectivity index (χ1n) is 11.5. The molecule has 7 nitrogen and oxygen atoms in total. The molecule has 2 aliphatic heterocycles. The molecule has 6 rings (SSSR count). The van der Waals surface area contributed by atoms with Crippen molar-refractivity contribution in [1.82, 2.24) is 20.1 Å². The van der Waals surface area contributed by atoms with E-state index in [1.807, 2.05) is 72.9 Å². The molecule has 2 atom stereocenters. The summed E-state index contributed by atoms with van der Waals surface area (Å²) >= 11 is 0. The lowest BCUT2D eigenvalue weighted by Crippen LogP contribution is -2.70. The number of rotatable bonds is 3. The number of fused-ring (bicyclic) bond motifs is 3. The van der Waals surface area contributed by atoms with Crippen molar-refractivity contribution in [2.45, 2.75) is 18.5 Å². The van der Waals surface area contributed by atoms with Crippen molar-refractivity contribution in [1.29, 1.82) is 0 Å². The van der Waals surface area contributed by atoms with Crippen LogP contribution < -0.4 is 5.32 Å². The van der Waals surface area contributed by atoms with Crippen molar-refractivity contribution in [3.05, 3.63) is 84.1 Å². The standard InChI is InChI=1S/C27H24N4O3/c32-25-24-16-30(26(33)19-10-9-17-5-1-2-6-18(17)13-19)11-12-31(24)27(34)23(29-25)14-20-15-28-22-8-4-3-7-21(20)22/h1-10,13,15,23-24,28H,11-12,14,16H2,(H,29,32)/t23-,24+/m0/s1. The molecule has 2 aliphatic rings. The van der Waals surface area contributed by atoms with Gasteiger partial charge in [0.2, 0.25) is 11.8 Å². The number of nitrogens with one attached hydrogen (secondary N) is 2. The molecule has 0 radical (unpaired) electrons. The minimum atomic E-state index is -0.662. The molecule has 170 valence electrons. The van der Waals surface area contributed by atoms with Crippen LogP contribution in [0, 0.1) is 0 Å². The molecular weight excluding hydrogens is 428 g/mol. The number of piperazine rings is 2. The highest BCUT2D eigenvalue weighted by molar-refractivity contribution is 6.01. The number of nitrogens with zero attached hydrogens (tertiary/aromatic N) is 2. The van der Waals surface area contributed by atoms with Gasteiger partial charge in [-0.25, -0.2) is 0 Å². The first-order valence-corrected chi connectivity index (χ1v) is 11.5. The molecule has 4 aromatic rings. The van der Waals surface area contributed by atoms with Crippen LogP contribution in [0.2, 0.25) is 0 Å². The molecule has 34 heavy (non-hydrogen) atoms. The van der Waals surface area contributed by atoms with E-state index in [1.54, 1.807) is 9.80 Å². The Hall–Kier alpha value is -4.13. The second-order valence-corrected chi connectivity index (χ2v) is 8.99. The summed E-state index contributed by atoms with van der Waals surface area (Å²) < 4.78 is 0. The van der Waals surface area contributed by atoms with Gasteiger partial charge in [0.15, 0.2) is 0 Å². The van der Waals surface area contributed by atoms with E-state index in [0.717, 1.165) is 27.2 Å². The topological polar surface area (TPSA) is 85.5 Å². The lowest BCUT2D eigenvalue weighted by molar-refractivity contribution is -0.152. The average Bonchev–Trinajstić information content (AvgIpc) is 3.29. The Bertz CT molecular complexity index is 1440. The van der Waals surface area contributed by atoms with Gasteiger partial charge in [-0.05, 0) is 34.5 Å². The zero-order valence-corrected chi connectivity index (χ0v) is 18.5. The van der Waals surface area contributed by atoms with Gasteiger partial charge in [-0.2, -0.15) is 0 Å². The van der Waals surface area contributed by atoms with Crippen LogP contribution in [0.5, 0.6) is 0 Å². The highest BCUT2D eigenvalue weighted by atomic mass is 16.2. The number of carbonyl (C=O) groups excluding carboxylic acids is 3. The Morgan fingerprint density at radius 3 is 2.62 bits per heavy atom. The number of carbonyl (C=O) groups is 3. The molecule has 0 unspecified atom stereocenters. The molecule has 3 amide bonds. The molecule has 3 heterocycles. The summed E-state index contributed by atoms with van der Waals surface area (Å²) in [5.41, 5.74) is 2.59. The first-order chi connectivity index (χ1) is 16.6. The predicted molar refractivity (Wildman–Crippen MR) is 129 cm³/mol. The summed E-state index contributed by atoms with van der Waals surface area (Å²) in [5.74, 6) is -0.417. The van der Waals surface area contributed by atoms with Crippen molar-refractivity contribution in [2.75, 3.05) is 19.6 Å². The Kier molecular flexibility index (Phi) is 4.83. The van der Waals surface area contributed by atoms with E-state index in [4.69, 9.17) is 0 Å². The van der Waals surface area contributed by atoms with E-state index in [9.17, 15) is 14.4 Å². The van der Waals surface area contributed by atoms with Crippen LogP contribution >= 0.6 is 0 Å². The van der Waals surface area contributed by atoms with Gasteiger partial charge in [0.05, 0.1) is 6.54 Å². The number of aromatic nitrogens is 1. The van der Waals surface area contributed by atoms with Crippen molar-refractivity contribution in [2.24, 2.45) is 0 Å². The molecule has 1 aromatic heterocycles. The number of hydrogen-bond acceptors (Lipinski definition) is 3. The zero-order chi connectivity index (χ0) is 23.2. The van der Waals surface area contributed by atoms with E-state index < -0.39 is 12.1 Å². The average molecular weight is 453 g/mol. The molecular formula is C27H24N4O3. The first kappa shape index (κ1) is 20.5. The van der Waals surface area contributed by atoms with Crippen molar-refractivity contribution >= 4 is 39.4 Å². The normalized spacial score (nSPS) is 20.5. The predicted octanol–water partition coefficient (Wildman–Crippen LogP) is 2.72. The van der Waals surface area contributed by atoms with Gasteiger partial charge in [0.25, 0.3) is 5.91 Å².